The number of amides is 2. The van der Waals surface area contributed by atoms with E-state index in [1.165, 1.54) is 24.4 Å². The van der Waals surface area contributed by atoms with Crippen LogP contribution in [0.4, 0.5) is 15.7 Å². The van der Waals surface area contributed by atoms with Crippen LogP contribution in [0.2, 0.25) is 0 Å². The van der Waals surface area contributed by atoms with Crippen molar-refractivity contribution >= 4 is 39.5 Å². The van der Waals surface area contributed by atoms with E-state index < -0.39 is 0 Å². The highest BCUT2D eigenvalue weighted by Gasteiger charge is 2.44. The quantitative estimate of drug-likeness (QED) is 0.667. The number of fused-ring (bicyclic) bond motifs is 2. The van der Waals surface area contributed by atoms with Crippen LogP contribution in [0, 0.1) is 11.8 Å². The molecule has 0 unspecified atom stereocenters. The Bertz CT molecular complexity index is 1080. The lowest BCUT2D eigenvalue weighted by Gasteiger charge is -2.27. The van der Waals surface area contributed by atoms with Gasteiger partial charge in [-0.15, -0.1) is 0 Å². The van der Waals surface area contributed by atoms with Gasteiger partial charge in [-0.1, -0.05) is 0 Å². The highest BCUT2D eigenvalue weighted by molar-refractivity contribution is 7.09. The molecule has 156 valence electrons. The molecule has 3 atom stereocenters. The van der Waals surface area contributed by atoms with Gasteiger partial charge in [0.05, 0.1) is 5.39 Å². The third kappa shape index (κ3) is 3.10. The molecule has 3 aromatic heterocycles. The molecule has 0 radical (unpaired) electrons. The van der Waals surface area contributed by atoms with Gasteiger partial charge >= 0.3 is 6.03 Å². The minimum atomic E-state index is -0.0439. The maximum Gasteiger partial charge on any atom is 0.323 e. The number of nitrogens with zero attached hydrogens (tertiary/aromatic N) is 6. The van der Waals surface area contributed by atoms with Crippen molar-refractivity contribution in [3.63, 3.8) is 0 Å². The average Bonchev–Trinajstić information content (AvgIpc) is 3.12. The molecule has 3 aliphatic rings. The van der Waals surface area contributed by atoms with Gasteiger partial charge in [-0.2, -0.15) is 4.37 Å². The van der Waals surface area contributed by atoms with Crippen molar-refractivity contribution in [1.82, 2.24) is 29.2 Å². The molecule has 6 rings (SSSR count). The summed E-state index contributed by atoms with van der Waals surface area (Å²) in [6.45, 7) is 1.61. The number of nitrogens with one attached hydrogen (secondary N) is 2. The van der Waals surface area contributed by atoms with Gasteiger partial charge in [0.2, 0.25) is 5.13 Å². The van der Waals surface area contributed by atoms with Crippen molar-refractivity contribution in [3.8, 4) is 0 Å². The summed E-state index contributed by atoms with van der Waals surface area (Å²) in [6, 6.07) is 2.42. The fourth-order valence-corrected chi connectivity index (χ4v) is 5.66. The van der Waals surface area contributed by atoms with Crippen LogP contribution in [0.5, 0.6) is 0 Å². The Morgan fingerprint density at radius 1 is 1.27 bits per heavy atom. The van der Waals surface area contributed by atoms with E-state index in [1.54, 1.807) is 6.33 Å². The summed E-state index contributed by atoms with van der Waals surface area (Å²) in [5.74, 6) is 3.44. The van der Waals surface area contributed by atoms with Crippen LogP contribution in [0.15, 0.2) is 18.6 Å². The number of hydrogen-bond donors (Lipinski definition) is 2. The molecule has 0 aromatic carbocycles. The van der Waals surface area contributed by atoms with E-state index in [-0.39, 0.29) is 6.03 Å². The van der Waals surface area contributed by atoms with Gasteiger partial charge < -0.3 is 14.8 Å². The van der Waals surface area contributed by atoms with E-state index in [0.29, 0.717) is 28.9 Å². The first-order chi connectivity index (χ1) is 14.7. The lowest BCUT2D eigenvalue weighted by molar-refractivity contribution is 0.218. The van der Waals surface area contributed by atoms with Crippen molar-refractivity contribution in [2.24, 2.45) is 11.8 Å². The van der Waals surface area contributed by atoms with Crippen LogP contribution in [0.3, 0.4) is 0 Å². The molecule has 9 nitrogen and oxygen atoms in total. The number of aromatic amines is 1. The number of anilines is 2. The summed E-state index contributed by atoms with van der Waals surface area (Å²) in [6.07, 6.45) is 8.01. The number of hydrogen-bond acceptors (Lipinski definition) is 7. The molecule has 1 aliphatic heterocycles. The Labute approximate surface area is 178 Å². The van der Waals surface area contributed by atoms with E-state index in [2.05, 4.69) is 41.6 Å². The molecular weight excluding hydrogens is 400 g/mol. The lowest BCUT2D eigenvalue weighted by atomic mass is 10.0. The van der Waals surface area contributed by atoms with Gasteiger partial charge in [0.1, 0.15) is 23.6 Å². The van der Waals surface area contributed by atoms with Crippen molar-refractivity contribution in [2.75, 3.05) is 30.4 Å². The van der Waals surface area contributed by atoms with Crippen molar-refractivity contribution in [2.45, 2.75) is 37.6 Å². The van der Waals surface area contributed by atoms with E-state index in [9.17, 15) is 4.79 Å². The Kier molecular flexibility index (Phi) is 4.15. The zero-order chi connectivity index (χ0) is 20.2. The number of H-pyrrole nitrogens is 1. The second-order valence-corrected chi connectivity index (χ2v) is 9.51. The van der Waals surface area contributed by atoms with Gasteiger partial charge in [0.15, 0.2) is 0 Å². The van der Waals surface area contributed by atoms with Crippen molar-refractivity contribution in [3.05, 3.63) is 24.4 Å². The summed E-state index contributed by atoms with van der Waals surface area (Å²) in [5, 5.41) is 4.63. The van der Waals surface area contributed by atoms with Crippen LogP contribution in [-0.4, -0.2) is 61.4 Å². The Morgan fingerprint density at radius 2 is 2.07 bits per heavy atom. The van der Waals surface area contributed by atoms with E-state index in [4.69, 9.17) is 0 Å². The summed E-state index contributed by atoms with van der Waals surface area (Å²) < 4.78 is 4.37. The molecule has 2 saturated carbocycles. The van der Waals surface area contributed by atoms with Crippen molar-refractivity contribution in [1.29, 1.82) is 0 Å². The molecule has 30 heavy (non-hydrogen) atoms. The summed E-state index contributed by atoms with van der Waals surface area (Å²) >= 11 is 1.29. The zero-order valence-corrected chi connectivity index (χ0v) is 17.6. The van der Waals surface area contributed by atoms with Crippen LogP contribution < -0.4 is 10.2 Å². The second-order valence-electron chi connectivity index (χ2n) is 8.76. The topological polar surface area (TPSA) is 103 Å². The molecule has 1 saturated heterocycles. The Balaban J connectivity index is 1.08. The standard InChI is InChI=1S/C20H24N8OS/c1-27(18-15-4-5-21-17(15)22-10-23-18)14-6-12-8-28(9-13(12)7-14)20(29)25-19-24-16(26-30-19)11-2-3-11/h4-5,10-14H,2-3,6-9H2,1H3,(H,21,22,23)(H,24,25,26,29)/t12-,13+,14+. The van der Waals surface area contributed by atoms with E-state index in [1.807, 2.05) is 17.2 Å². The number of carbonyl (C=O) groups excluding carboxylic acids is 1. The zero-order valence-electron chi connectivity index (χ0n) is 16.8. The summed E-state index contributed by atoms with van der Waals surface area (Å²) in [7, 11) is 2.12. The molecule has 2 aliphatic carbocycles. The summed E-state index contributed by atoms with van der Waals surface area (Å²) in [5.41, 5.74) is 0.870. The Morgan fingerprint density at radius 3 is 2.83 bits per heavy atom. The third-order valence-corrected chi connectivity index (χ3v) is 7.47. The normalized spacial score (nSPS) is 25.6. The van der Waals surface area contributed by atoms with Crippen molar-refractivity contribution < 1.29 is 4.79 Å². The van der Waals surface area contributed by atoms with Crippen LogP contribution >= 0.6 is 11.5 Å². The molecule has 2 N–H and O–H groups in total. The van der Waals surface area contributed by atoms with Crippen LogP contribution in [-0.2, 0) is 0 Å². The molecule has 0 spiro atoms. The fraction of sp³-hybridized carbons (Fsp3) is 0.550. The maximum absolute atomic E-state index is 12.7. The summed E-state index contributed by atoms with van der Waals surface area (Å²) in [4.78, 5) is 33.4. The van der Waals surface area contributed by atoms with Gasteiger partial charge in [-0.25, -0.2) is 19.7 Å². The average molecular weight is 425 g/mol. The number of rotatable bonds is 4. The first-order valence-electron chi connectivity index (χ1n) is 10.6. The first kappa shape index (κ1) is 18.1. The molecule has 3 fully saturated rings. The first-order valence-corrected chi connectivity index (χ1v) is 11.3. The van der Waals surface area contributed by atoms with Gasteiger partial charge in [-0.3, -0.25) is 5.32 Å². The molecular formula is C20H24N8OS. The highest BCUT2D eigenvalue weighted by atomic mass is 32.1. The largest absolute Gasteiger partial charge is 0.356 e. The molecule has 0 bridgehead atoms. The van der Waals surface area contributed by atoms with E-state index >= 15 is 0 Å². The van der Waals surface area contributed by atoms with Gasteiger partial charge in [0.25, 0.3) is 0 Å². The van der Waals surface area contributed by atoms with Crippen LogP contribution in [0.1, 0.15) is 37.4 Å². The number of urea groups is 1. The van der Waals surface area contributed by atoms with E-state index in [0.717, 1.165) is 48.6 Å². The van der Waals surface area contributed by atoms with Crippen LogP contribution in [0.25, 0.3) is 11.0 Å². The predicted molar refractivity (Wildman–Crippen MR) is 115 cm³/mol. The minimum Gasteiger partial charge on any atom is -0.356 e. The number of aromatic nitrogens is 5. The van der Waals surface area contributed by atoms with Gasteiger partial charge in [0, 0.05) is 49.8 Å². The SMILES string of the molecule is CN(c1ncnc2[nH]ccc12)[C@H]1C[C@@H]2CN(C(=O)Nc3nc(C4CC4)ns3)C[C@@H]2C1. The second kappa shape index (κ2) is 6.90. The molecule has 10 heteroatoms. The molecule has 2 amide bonds. The maximum atomic E-state index is 12.7. The predicted octanol–water partition coefficient (Wildman–Crippen LogP) is 3.07. The minimum absolute atomic E-state index is 0.0439. The third-order valence-electron chi connectivity index (χ3n) is 6.83. The molecule has 3 aromatic rings. The number of likely N-dealkylation sites (tertiary alicyclic amines) is 1. The number of carbonyl (C=O) groups is 1. The highest BCUT2D eigenvalue weighted by Crippen LogP contribution is 2.42. The monoisotopic (exact) mass is 424 g/mol. The smallest absolute Gasteiger partial charge is 0.323 e. The Hall–Kier alpha value is -2.75. The van der Waals surface area contributed by atoms with Gasteiger partial charge in [-0.05, 0) is 43.6 Å². The molecule has 4 heterocycles. The fourth-order valence-electron chi connectivity index (χ4n) is 5.03. The lowest BCUT2D eigenvalue weighted by Crippen LogP contribution is -2.36.